The molecule has 0 spiro atoms. The van der Waals surface area contributed by atoms with Crippen LogP contribution >= 0.6 is 0 Å². The number of nitrogens with zero attached hydrogens (tertiary/aromatic N) is 3. The van der Waals surface area contributed by atoms with Crippen molar-refractivity contribution in [3.63, 3.8) is 0 Å². The van der Waals surface area contributed by atoms with Gasteiger partial charge in [-0.05, 0) is 51.8 Å². The molecule has 0 saturated carbocycles. The maximum atomic E-state index is 13.1. The highest BCUT2D eigenvalue weighted by Crippen LogP contribution is 2.34. The van der Waals surface area contributed by atoms with Crippen LogP contribution in [0.5, 0.6) is 11.5 Å². The lowest BCUT2D eigenvalue weighted by Crippen LogP contribution is -2.37. The van der Waals surface area contributed by atoms with Crippen LogP contribution in [0.25, 0.3) is 0 Å². The summed E-state index contributed by atoms with van der Waals surface area (Å²) in [6.07, 6.45) is 1.56. The van der Waals surface area contributed by atoms with Gasteiger partial charge < -0.3 is 14.0 Å². The summed E-state index contributed by atoms with van der Waals surface area (Å²) < 4.78 is 13.4. The van der Waals surface area contributed by atoms with Gasteiger partial charge in [-0.25, -0.2) is 14.6 Å². The van der Waals surface area contributed by atoms with Gasteiger partial charge >= 0.3 is 17.8 Å². The maximum absolute atomic E-state index is 13.1. The number of anilines is 1. The summed E-state index contributed by atoms with van der Waals surface area (Å²) in [7, 11) is 0. The highest BCUT2D eigenvalue weighted by atomic mass is 16.5. The van der Waals surface area contributed by atoms with Crippen molar-refractivity contribution >= 4 is 29.3 Å². The number of hydrogen-bond acceptors (Lipinski definition) is 6. The summed E-state index contributed by atoms with van der Waals surface area (Å²) in [4.78, 5) is 52.8. The Balaban J connectivity index is 1.86. The normalized spacial score (nSPS) is 13.7. The average Bonchev–Trinajstić information content (AvgIpc) is 3.22. The van der Waals surface area contributed by atoms with E-state index >= 15 is 0 Å². The van der Waals surface area contributed by atoms with Gasteiger partial charge in [-0.15, -0.1) is 0 Å². The van der Waals surface area contributed by atoms with E-state index in [1.54, 1.807) is 12.1 Å². The first-order valence-corrected chi connectivity index (χ1v) is 11.5. The number of amides is 4. The number of aromatic nitrogens is 1. The number of urea groups is 1. The molecule has 9 nitrogen and oxygen atoms in total. The topological polar surface area (TPSA) is 98.1 Å². The van der Waals surface area contributed by atoms with Gasteiger partial charge in [-0.1, -0.05) is 13.8 Å². The number of ether oxygens (including phenoxy) is 2. The molecule has 1 aliphatic heterocycles. The molecule has 0 N–H and O–H groups in total. The Bertz CT molecular complexity index is 1120. The third-order valence-corrected chi connectivity index (χ3v) is 5.65. The molecule has 9 heteroatoms. The van der Waals surface area contributed by atoms with Gasteiger partial charge in [-0.2, -0.15) is 0 Å². The second-order valence-corrected chi connectivity index (χ2v) is 8.09. The van der Waals surface area contributed by atoms with Crippen LogP contribution in [0.1, 0.15) is 55.4 Å². The molecule has 1 aromatic carbocycles. The monoisotopic (exact) mass is 469 g/mol. The Kier molecular flexibility index (Phi) is 7.75. The molecule has 2 aromatic rings. The molecule has 1 aromatic heterocycles. The largest absolute Gasteiger partial charge is 0.490 e. The van der Waals surface area contributed by atoms with Crippen molar-refractivity contribution in [3.8, 4) is 11.5 Å². The van der Waals surface area contributed by atoms with Gasteiger partial charge in [-0.3, -0.25) is 14.4 Å². The van der Waals surface area contributed by atoms with Gasteiger partial charge in [0.1, 0.15) is 0 Å². The van der Waals surface area contributed by atoms with Crippen LogP contribution in [0.15, 0.2) is 24.3 Å². The van der Waals surface area contributed by atoms with Gasteiger partial charge in [0.15, 0.2) is 17.3 Å². The molecular weight excluding hydrogens is 438 g/mol. The molecule has 3 rings (SSSR count). The van der Waals surface area contributed by atoms with Crippen molar-refractivity contribution in [1.29, 1.82) is 0 Å². The predicted octanol–water partition coefficient (Wildman–Crippen LogP) is 3.88. The van der Waals surface area contributed by atoms with Crippen LogP contribution in [-0.4, -0.2) is 52.9 Å². The first kappa shape index (κ1) is 25.0. The van der Waals surface area contributed by atoms with E-state index < -0.39 is 30.2 Å². The Hall–Kier alpha value is -3.62. The second kappa shape index (κ2) is 10.5. The Labute approximate surface area is 199 Å². The lowest BCUT2D eigenvalue weighted by Gasteiger charge is -2.18. The molecule has 0 aliphatic carbocycles. The van der Waals surface area contributed by atoms with Crippen molar-refractivity contribution in [1.82, 2.24) is 9.47 Å². The fourth-order valence-electron chi connectivity index (χ4n) is 3.96. The van der Waals surface area contributed by atoms with Crippen LogP contribution in [-0.2, 0) is 16.1 Å². The molecule has 4 amide bonds. The Morgan fingerprint density at radius 3 is 2.12 bits per heavy atom. The van der Waals surface area contributed by atoms with E-state index in [1.807, 2.05) is 39.2 Å². The molecule has 1 fully saturated rings. The SMILES string of the molecule is CCCOc1ccc(N2C(=O)C(=O)N(CC(=O)c3cc(C)n(CC)c3C)C2=O)cc1OCCC. The van der Waals surface area contributed by atoms with Crippen molar-refractivity contribution < 1.29 is 28.7 Å². The van der Waals surface area contributed by atoms with Crippen LogP contribution in [0.3, 0.4) is 0 Å². The second-order valence-electron chi connectivity index (χ2n) is 8.09. The average molecular weight is 470 g/mol. The lowest BCUT2D eigenvalue weighted by atomic mass is 10.1. The van der Waals surface area contributed by atoms with Gasteiger partial charge in [0.25, 0.3) is 0 Å². The van der Waals surface area contributed by atoms with Crippen molar-refractivity contribution in [2.24, 2.45) is 0 Å². The van der Waals surface area contributed by atoms with Crippen LogP contribution in [0.2, 0.25) is 0 Å². The summed E-state index contributed by atoms with van der Waals surface area (Å²) in [5.74, 6) is -1.59. The van der Waals surface area contributed by atoms with Crippen LogP contribution < -0.4 is 14.4 Å². The molecule has 1 aliphatic rings. The molecule has 0 atom stereocenters. The van der Waals surface area contributed by atoms with Crippen LogP contribution in [0.4, 0.5) is 10.5 Å². The van der Waals surface area contributed by atoms with Crippen molar-refractivity contribution in [2.45, 2.75) is 54.0 Å². The Morgan fingerprint density at radius 1 is 0.882 bits per heavy atom. The third-order valence-electron chi connectivity index (χ3n) is 5.65. The van der Waals surface area contributed by atoms with Crippen molar-refractivity contribution in [2.75, 3.05) is 24.7 Å². The molecule has 2 heterocycles. The number of rotatable bonds is 11. The summed E-state index contributed by atoms with van der Waals surface area (Å²) in [6, 6.07) is 5.50. The minimum absolute atomic E-state index is 0.178. The van der Waals surface area contributed by atoms with Gasteiger partial charge in [0.2, 0.25) is 0 Å². The van der Waals surface area contributed by atoms with E-state index in [2.05, 4.69) is 0 Å². The molecule has 34 heavy (non-hydrogen) atoms. The van der Waals surface area contributed by atoms with Gasteiger partial charge in [0.05, 0.1) is 25.4 Å². The highest BCUT2D eigenvalue weighted by molar-refractivity contribution is 6.53. The quantitative estimate of drug-likeness (QED) is 0.281. The van der Waals surface area contributed by atoms with E-state index in [0.29, 0.717) is 41.7 Å². The fourth-order valence-corrected chi connectivity index (χ4v) is 3.96. The number of carbonyl (C=O) groups excluding carboxylic acids is 4. The molecule has 182 valence electrons. The number of imide groups is 2. The van der Waals surface area contributed by atoms with Crippen LogP contribution in [0, 0.1) is 13.8 Å². The number of ketones is 1. The minimum atomic E-state index is -1.04. The standard InChI is InChI=1S/C25H31N3O6/c1-6-11-33-21-10-9-18(14-22(21)34-12-7-2)28-24(31)23(30)27(25(28)32)15-20(29)19-13-16(4)26(8-3)17(19)5/h9-10,13-14H,6-8,11-12,15H2,1-5H3. The van der Waals surface area contributed by atoms with E-state index in [9.17, 15) is 19.2 Å². The maximum Gasteiger partial charge on any atom is 0.339 e. The number of benzene rings is 1. The predicted molar refractivity (Wildman–Crippen MR) is 127 cm³/mol. The molecule has 1 saturated heterocycles. The van der Waals surface area contributed by atoms with E-state index in [0.717, 1.165) is 29.1 Å². The summed E-state index contributed by atoms with van der Waals surface area (Å²) in [5, 5.41) is 0. The number of hydrogen-bond donors (Lipinski definition) is 0. The molecule has 0 unspecified atom stereocenters. The minimum Gasteiger partial charge on any atom is -0.490 e. The zero-order valence-electron chi connectivity index (χ0n) is 20.3. The molecule has 0 radical (unpaired) electrons. The summed E-state index contributed by atoms with van der Waals surface area (Å²) in [6.45, 7) is 10.7. The molecule has 0 bridgehead atoms. The van der Waals surface area contributed by atoms with Gasteiger partial charge in [0, 0.05) is 29.6 Å². The first-order chi connectivity index (χ1) is 16.2. The number of aryl methyl sites for hydroxylation is 1. The van der Waals surface area contributed by atoms with Crippen molar-refractivity contribution in [3.05, 3.63) is 41.2 Å². The smallest absolute Gasteiger partial charge is 0.339 e. The zero-order chi connectivity index (χ0) is 25.0. The highest BCUT2D eigenvalue weighted by Gasteiger charge is 2.46. The van der Waals surface area contributed by atoms with E-state index in [4.69, 9.17) is 9.47 Å². The Morgan fingerprint density at radius 2 is 1.53 bits per heavy atom. The summed E-state index contributed by atoms with van der Waals surface area (Å²) in [5.41, 5.74) is 2.27. The number of carbonyl (C=O) groups is 4. The van der Waals surface area contributed by atoms with E-state index in [-0.39, 0.29) is 5.69 Å². The first-order valence-electron chi connectivity index (χ1n) is 11.5. The lowest BCUT2D eigenvalue weighted by molar-refractivity contribution is -0.139. The zero-order valence-corrected chi connectivity index (χ0v) is 20.3. The summed E-state index contributed by atoms with van der Waals surface area (Å²) >= 11 is 0. The molecular formula is C25H31N3O6. The fraction of sp³-hybridized carbons (Fsp3) is 0.440. The third kappa shape index (κ3) is 4.69. The number of Topliss-reactive ketones (excluding diaryl/α,β-unsaturated/α-hetero) is 1. The van der Waals surface area contributed by atoms with E-state index in [1.165, 1.54) is 12.1 Å².